The number of halogens is 1. The summed E-state index contributed by atoms with van der Waals surface area (Å²) in [5.74, 6) is -0.887. The van der Waals surface area contributed by atoms with E-state index in [1.165, 1.54) is 11.0 Å². The third-order valence-corrected chi connectivity index (χ3v) is 3.00. The molecule has 19 heavy (non-hydrogen) atoms. The predicted molar refractivity (Wildman–Crippen MR) is 58.6 cm³/mol. The Hall–Kier alpha value is -1.35. The largest absolute Gasteiger partial charge is 0.510 e. The van der Waals surface area contributed by atoms with Crippen molar-refractivity contribution in [3.05, 3.63) is 12.2 Å². The molecule has 1 aliphatic heterocycles. The molecular weight excluding hydrogens is 282 g/mol. The Morgan fingerprint density at radius 3 is 3.05 bits per heavy atom. The lowest BCUT2D eigenvalue weighted by atomic mass is 10.2. The maximum Gasteiger partial charge on any atom is 0.510 e. The normalized spacial score (nSPS) is 26.2. The third kappa shape index (κ3) is 3.80. The Kier molecular flexibility index (Phi) is 3.95. The van der Waals surface area contributed by atoms with Crippen molar-refractivity contribution in [2.45, 2.75) is 25.2 Å². The number of nitrogens with zero attached hydrogens (tertiary/aromatic N) is 3. The molecule has 9 nitrogen and oxygen atoms in total. The Morgan fingerprint density at radius 2 is 2.47 bits per heavy atom. The van der Waals surface area contributed by atoms with Crippen molar-refractivity contribution < 1.29 is 27.7 Å². The summed E-state index contributed by atoms with van der Waals surface area (Å²) in [6, 6.07) is 0. The van der Waals surface area contributed by atoms with Gasteiger partial charge in [0.05, 0.1) is 12.7 Å². The number of hydrogen-bond acceptors (Lipinski definition) is 6. The molecule has 1 aliphatic rings. The van der Waals surface area contributed by atoms with Gasteiger partial charge in [-0.1, -0.05) is 0 Å². The van der Waals surface area contributed by atoms with Crippen LogP contribution in [0.15, 0.2) is 6.33 Å². The van der Waals surface area contributed by atoms with Gasteiger partial charge in [0.1, 0.15) is 6.33 Å². The van der Waals surface area contributed by atoms with E-state index >= 15 is 0 Å². The molecule has 2 heterocycles. The molecule has 3 atom stereocenters. The van der Waals surface area contributed by atoms with Crippen LogP contribution in [0.1, 0.15) is 29.7 Å². The Balaban J connectivity index is 1.90. The van der Waals surface area contributed by atoms with Crippen LogP contribution in [0.4, 0.5) is 4.20 Å². The molecule has 1 fully saturated rings. The zero-order valence-corrected chi connectivity index (χ0v) is 10.6. The molecule has 1 aromatic rings. The quantitative estimate of drug-likeness (QED) is 0.739. The fraction of sp³-hybridized carbons (Fsp3) is 0.625. The number of carbonyl (C=O) groups excluding carboxylic acids is 1. The number of amides is 1. The molecule has 0 saturated carbocycles. The van der Waals surface area contributed by atoms with E-state index < -0.39 is 26.1 Å². The van der Waals surface area contributed by atoms with Crippen molar-refractivity contribution in [3.8, 4) is 0 Å². The zero-order valence-electron chi connectivity index (χ0n) is 9.68. The van der Waals surface area contributed by atoms with Gasteiger partial charge in [-0.25, -0.2) is 14.2 Å². The first kappa shape index (κ1) is 14.1. The lowest BCUT2D eigenvalue weighted by Crippen LogP contribution is -2.17. The van der Waals surface area contributed by atoms with E-state index in [0.717, 1.165) is 0 Å². The van der Waals surface area contributed by atoms with Gasteiger partial charge < -0.3 is 10.5 Å². The Labute approximate surface area is 107 Å². The molecule has 0 spiro atoms. The van der Waals surface area contributed by atoms with Gasteiger partial charge >= 0.3 is 7.91 Å². The van der Waals surface area contributed by atoms with Gasteiger partial charge in [0.15, 0.2) is 6.23 Å². The standard InChI is InChI=1S/C8H12FN4O5P/c9-19(15,16)17-3-5-1-2-6(18-5)13-4-11-8(12-13)7(10)14/h4-6H,1-3H2,(H2,10,14)(H,15,16)/t5-,6+/m0/s1. The first-order valence-electron chi connectivity index (χ1n) is 5.38. The summed E-state index contributed by atoms with van der Waals surface area (Å²) in [6.07, 6.45) is 1.29. The highest BCUT2D eigenvalue weighted by molar-refractivity contribution is 7.46. The lowest BCUT2D eigenvalue weighted by Gasteiger charge is -2.13. The Morgan fingerprint density at radius 1 is 1.74 bits per heavy atom. The topological polar surface area (TPSA) is 130 Å². The summed E-state index contributed by atoms with van der Waals surface area (Å²) in [7, 11) is -4.99. The number of hydrogen-bond donors (Lipinski definition) is 2. The monoisotopic (exact) mass is 294 g/mol. The van der Waals surface area contributed by atoms with Crippen LogP contribution in [0, 0.1) is 0 Å². The van der Waals surface area contributed by atoms with E-state index in [4.69, 9.17) is 15.4 Å². The molecule has 1 saturated heterocycles. The second-order valence-electron chi connectivity index (χ2n) is 3.95. The van der Waals surface area contributed by atoms with E-state index in [2.05, 4.69) is 14.6 Å². The van der Waals surface area contributed by atoms with Crippen molar-refractivity contribution in [2.24, 2.45) is 5.73 Å². The number of ether oxygens (including phenoxy) is 1. The fourth-order valence-electron chi connectivity index (χ4n) is 1.71. The number of nitrogens with two attached hydrogens (primary N) is 1. The summed E-state index contributed by atoms with van der Waals surface area (Å²) in [6.45, 7) is -0.335. The molecule has 1 aromatic heterocycles. The van der Waals surface area contributed by atoms with E-state index in [9.17, 15) is 13.6 Å². The minimum Gasteiger partial charge on any atom is -0.363 e. The number of rotatable bonds is 5. The van der Waals surface area contributed by atoms with Crippen LogP contribution in [0.5, 0.6) is 0 Å². The molecule has 106 valence electrons. The molecule has 2 rings (SSSR count). The number of aromatic nitrogens is 3. The average molecular weight is 294 g/mol. The van der Waals surface area contributed by atoms with Crippen molar-refractivity contribution in [1.29, 1.82) is 0 Å². The van der Waals surface area contributed by atoms with Gasteiger partial charge in [-0.2, -0.15) is 0 Å². The molecule has 1 unspecified atom stereocenters. The number of primary amides is 1. The van der Waals surface area contributed by atoms with E-state index in [-0.39, 0.29) is 12.4 Å². The van der Waals surface area contributed by atoms with Crippen LogP contribution in [0.25, 0.3) is 0 Å². The molecule has 0 aliphatic carbocycles. The van der Waals surface area contributed by atoms with Gasteiger partial charge in [-0.05, 0) is 12.8 Å². The first-order valence-corrected chi connectivity index (χ1v) is 6.85. The summed E-state index contributed by atoms with van der Waals surface area (Å²) in [4.78, 5) is 22.9. The van der Waals surface area contributed by atoms with Crippen LogP contribution in [0.3, 0.4) is 0 Å². The van der Waals surface area contributed by atoms with Gasteiger partial charge in [-0.3, -0.25) is 14.2 Å². The third-order valence-electron chi connectivity index (χ3n) is 2.53. The second-order valence-corrected chi connectivity index (χ2v) is 5.11. The maximum atomic E-state index is 12.3. The SMILES string of the molecule is NC(=O)c1ncn([C@H]2CC[C@@H](COP(=O)(O)F)O2)n1. The van der Waals surface area contributed by atoms with Crippen molar-refractivity contribution >= 4 is 13.8 Å². The van der Waals surface area contributed by atoms with Crippen LogP contribution >= 0.6 is 7.91 Å². The molecule has 0 radical (unpaired) electrons. The molecular formula is C8H12FN4O5P. The van der Waals surface area contributed by atoms with Gasteiger partial charge in [0.2, 0.25) is 5.82 Å². The maximum absolute atomic E-state index is 12.3. The summed E-state index contributed by atoms with van der Waals surface area (Å²) < 4.78 is 33.5. The van der Waals surface area contributed by atoms with E-state index in [0.29, 0.717) is 12.8 Å². The summed E-state index contributed by atoms with van der Waals surface area (Å²) in [5.41, 5.74) is 5.01. The molecule has 11 heteroatoms. The van der Waals surface area contributed by atoms with Crippen LogP contribution < -0.4 is 5.73 Å². The Bertz CT molecular complexity index is 517. The highest BCUT2D eigenvalue weighted by Crippen LogP contribution is 2.44. The minimum absolute atomic E-state index is 0.132. The minimum atomic E-state index is -4.99. The van der Waals surface area contributed by atoms with Crippen molar-refractivity contribution in [3.63, 3.8) is 0 Å². The predicted octanol–water partition coefficient (Wildman–Crippen LogP) is 0.141. The molecule has 3 N–H and O–H groups in total. The van der Waals surface area contributed by atoms with Crippen LogP contribution in [-0.4, -0.2) is 38.3 Å². The lowest BCUT2D eigenvalue weighted by molar-refractivity contribution is -0.0268. The molecule has 0 aromatic carbocycles. The summed E-state index contributed by atoms with van der Waals surface area (Å²) in [5, 5.41) is 3.82. The highest BCUT2D eigenvalue weighted by Gasteiger charge is 2.30. The second kappa shape index (κ2) is 5.33. The summed E-state index contributed by atoms with van der Waals surface area (Å²) >= 11 is 0. The highest BCUT2D eigenvalue weighted by atomic mass is 31.2. The molecule has 0 bridgehead atoms. The average Bonchev–Trinajstić information content (AvgIpc) is 2.94. The molecule has 1 amide bonds. The van der Waals surface area contributed by atoms with Gasteiger partial charge in [0.25, 0.3) is 5.91 Å². The van der Waals surface area contributed by atoms with Crippen molar-refractivity contribution in [1.82, 2.24) is 14.8 Å². The number of carbonyl (C=O) groups is 1. The van der Waals surface area contributed by atoms with Crippen LogP contribution in [0.2, 0.25) is 0 Å². The fourth-order valence-corrected chi connectivity index (χ4v) is 2.06. The van der Waals surface area contributed by atoms with Crippen LogP contribution in [-0.2, 0) is 13.8 Å². The van der Waals surface area contributed by atoms with Gasteiger partial charge in [-0.15, -0.1) is 9.30 Å². The van der Waals surface area contributed by atoms with E-state index in [1.807, 2.05) is 0 Å². The van der Waals surface area contributed by atoms with Gasteiger partial charge in [0, 0.05) is 0 Å². The smallest absolute Gasteiger partial charge is 0.363 e. The first-order chi connectivity index (χ1) is 8.85. The zero-order chi connectivity index (χ0) is 14.0. The van der Waals surface area contributed by atoms with Crippen molar-refractivity contribution in [2.75, 3.05) is 6.61 Å². The van der Waals surface area contributed by atoms with E-state index in [1.54, 1.807) is 0 Å².